The fourth-order valence-corrected chi connectivity index (χ4v) is 5.07. The molecule has 2 aliphatic heterocycles. The molecule has 0 amide bonds. The minimum absolute atomic E-state index is 0.0109. The van der Waals surface area contributed by atoms with E-state index in [9.17, 15) is 13.7 Å². The quantitative estimate of drug-likeness (QED) is 0.849. The highest BCUT2D eigenvalue weighted by molar-refractivity contribution is 7.95. The smallest absolute Gasteiger partial charge is 0.205 e. The van der Waals surface area contributed by atoms with E-state index in [1.807, 2.05) is 23.6 Å². The van der Waals surface area contributed by atoms with Crippen molar-refractivity contribution in [1.82, 2.24) is 0 Å². The van der Waals surface area contributed by atoms with Crippen LogP contribution in [-0.4, -0.2) is 14.2 Å². The van der Waals surface area contributed by atoms with E-state index in [2.05, 4.69) is 0 Å². The van der Waals surface area contributed by atoms with Gasteiger partial charge < -0.3 is 10.5 Å². The predicted molar refractivity (Wildman–Crippen MR) is 70.4 cm³/mol. The molecule has 1 aromatic rings. The van der Waals surface area contributed by atoms with Crippen molar-refractivity contribution in [2.75, 3.05) is 5.75 Å². The lowest BCUT2D eigenvalue weighted by Crippen LogP contribution is -2.21. The van der Waals surface area contributed by atoms with Crippen molar-refractivity contribution in [3.63, 3.8) is 0 Å². The summed E-state index contributed by atoms with van der Waals surface area (Å²) in [4.78, 5) is 1.00. The lowest BCUT2D eigenvalue weighted by atomic mass is 9.95. The number of nitrogens with zero attached hydrogens (tertiary/aromatic N) is 1. The standard InChI is InChI=1S/C12H10N2O3S2/c13-6-7-10(9-2-1-4-18-9)11-8(17-12(7)14)3-5-19(11,15)16/h1-2,4,10H,3,5,14H2. The van der Waals surface area contributed by atoms with E-state index < -0.39 is 15.8 Å². The first-order valence-corrected chi connectivity index (χ1v) is 8.14. The summed E-state index contributed by atoms with van der Waals surface area (Å²) < 4.78 is 29.6. The normalized spacial score (nSPS) is 24.9. The van der Waals surface area contributed by atoms with Crippen molar-refractivity contribution in [2.24, 2.45) is 5.73 Å². The number of ether oxygens (including phenoxy) is 1. The third kappa shape index (κ3) is 1.76. The molecule has 19 heavy (non-hydrogen) atoms. The summed E-state index contributed by atoms with van der Waals surface area (Å²) in [6.07, 6.45) is 0.318. The van der Waals surface area contributed by atoms with Gasteiger partial charge in [0.15, 0.2) is 9.84 Å². The Morgan fingerprint density at radius 1 is 1.53 bits per heavy atom. The second-order valence-corrected chi connectivity index (χ2v) is 7.35. The summed E-state index contributed by atoms with van der Waals surface area (Å²) in [7, 11) is -3.37. The molecular formula is C12H10N2O3S2. The Labute approximate surface area is 114 Å². The molecule has 98 valence electrons. The molecule has 0 aliphatic carbocycles. The van der Waals surface area contributed by atoms with E-state index in [1.54, 1.807) is 0 Å². The molecule has 0 bridgehead atoms. The van der Waals surface area contributed by atoms with Crippen molar-refractivity contribution < 1.29 is 13.2 Å². The van der Waals surface area contributed by atoms with Crippen LogP contribution in [0.15, 0.2) is 39.6 Å². The molecule has 0 fully saturated rings. The van der Waals surface area contributed by atoms with Gasteiger partial charge in [0.1, 0.15) is 17.4 Å². The molecule has 0 aromatic carbocycles. The van der Waals surface area contributed by atoms with Gasteiger partial charge in [-0.3, -0.25) is 0 Å². The molecule has 0 saturated heterocycles. The second-order valence-electron chi connectivity index (χ2n) is 4.30. The van der Waals surface area contributed by atoms with E-state index in [0.717, 1.165) is 4.88 Å². The first-order valence-electron chi connectivity index (χ1n) is 5.61. The van der Waals surface area contributed by atoms with Crippen LogP contribution in [0.3, 0.4) is 0 Å². The van der Waals surface area contributed by atoms with Crippen LogP contribution in [0.2, 0.25) is 0 Å². The molecule has 1 atom stereocenters. The van der Waals surface area contributed by atoms with Gasteiger partial charge >= 0.3 is 0 Å². The summed E-state index contributed by atoms with van der Waals surface area (Å²) in [5.41, 5.74) is 5.91. The monoisotopic (exact) mass is 294 g/mol. The zero-order valence-electron chi connectivity index (χ0n) is 9.79. The van der Waals surface area contributed by atoms with Gasteiger partial charge in [0.05, 0.1) is 16.6 Å². The zero-order chi connectivity index (χ0) is 13.6. The third-order valence-corrected chi connectivity index (χ3v) is 6.02. The maximum atomic E-state index is 12.2. The molecule has 3 rings (SSSR count). The average Bonchev–Trinajstić information content (AvgIpc) is 2.97. The maximum absolute atomic E-state index is 12.2. The molecule has 7 heteroatoms. The van der Waals surface area contributed by atoms with E-state index in [4.69, 9.17) is 10.5 Å². The number of allylic oxidation sites excluding steroid dienone is 3. The highest BCUT2D eigenvalue weighted by atomic mass is 32.2. The second kappa shape index (κ2) is 4.11. The highest BCUT2D eigenvalue weighted by Crippen LogP contribution is 2.46. The number of nitrogens with two attached hydrogens (primary N) is 1. The van der Waals surface area contributed by atoms with Crippen LogP contribution >= 0.6 is 11.3 Å². The van der Waals surface area contributed by atoms with Crippen molar-refractivity contribution in [2.45, 2.75) is 12.3 Å². The summed E-state index contributed by atoms with van der Waals surface area (Å²) in [5.74, 6) is -0.196. The van der Waals surface area contributed by atoms with Crippen LogP contribution < -0.4 is 5.73 Å². The summed E-state index contributed by atoms with van der Waals surface area (Å²) in [6, 6.07) is 5.61. The molecule has 2 aliphatic rings. The fourth-order valence-electron chi connectivity index (χ4n) is 2.38. The molecule has 0 radical (unpaired) electrons. The Morgan fingerprint density at radius 2 is 2.32 bits per heavy atom. The Balaban J connectivity index is 2.24. The van der Waals surface area contributed by atoms with Gasteiger partial charge in [-0.05, 0) is 11.4 Å². The molecule has 5 nitrogen and oxygen atoms in total. The van der Waals surface area contributed by atoms with Gasteiger partial charge in [0.25, 0.3) is 0 Å². The first-order chi connectivity index (χ1) is 9.04. The SMILES string of the molecule is N#CC1=C(N)OC2=C(C1c1cccs1)S(=O)(=O)CC2. The van der Waals surface area contributed by atoms with Crippen molar-refractivity contribution in [1.29, 1.82) is 5.26 Å². The summed E-state index contributed by atoms with van der Waals surface area (Å²) in [6.45, 7) is 0. The summed E-state index contributed by atoms with van der Waals surface area (Å²) in [5, 5.41) is 11.1. The van der Waals surface area contributed by atoms with E-state index in [-0.39, 0.29) is 22.1 Å². The van der Waals surface area contributed by atoms with Gasteiger partial charge in [-0.2, -0.15) is 5.26 Å². The Bertz CT molecular complexity index is 736. The zero-order valence-corrected chi connectivity index (χ0v) is 11.4. The van der Waals surface area contributed by atoms with Crippen LogP contribution in [0.1, 0.15) is 17.2 Å². The molecule has 3 heterocycles. The number of rotatable bonds is 1. The third-order valence-electron chi connectivity index (χ3n) is 3.21. The Morgan fingerprint density at radius 3 is 2.95 bits per heavy atom. The van der Waals surface area contributed by atoms with Crippen molar-refractivity contribution >= 4 is 21.2 Å². The maximum Gasteiger partial charge on any atom is 0.205 e. The number of hydrogen-bond acceptors (Lipinski definition) is 6. The number of hydrogen-bond donors (Lipinski definition) is 1. The number of nitriles is 1. The lowest BCUT2D eigenvalue weighted by molar-refractivity contribution is 0.276. The highest BCUT2D eigenvalue weighted by Gasteiger charge is 2.43. The van der Waals surface area contributed by atoms with Gasteiger partial charge in [-0.25, -0.2) is 8.42 Å². The molecule has 1 aromatic heterocycles. The minimum Gasteiger partial charge on any atom is -0.444 e. The van der Waals surface area contributed by atoms with Gasteiger partial charge in [-0.15, -0.1) is 11.3 Å². The van der Waals surface area contributed by atoms with Gasteiger partial charge in [0.2, 0.25) is 5.88 Å². The first kappa shape index (κ1) is 12.3. The van der Waals surface area contributed by atoms with Crippen LogP contribution in [0.25, 0.3) is 0 Å². The fraction of sp³-hybridized carbons (Fsp3) is 0.250. The Hall–Kier alpha value is -1.78. The van der Waals surface area contributed by atoms with Gasteiger partial charge in [-0.1, -0.05) is 6.07 Å². The van der Waals surface area contributed by atoms with Crippen molar-refractivity contribution in [3.8, 4) is 6.07 Å². The topological polar surface area (TPSA) is 93.2 Å². The molecule has 0 saturated carbocycles. The largest absolute Gasteiger partial charge is 0.444 e. The molecule has 1 unspecified atom stereocenters. The van der Waals surface area contributed by atoms with Crippen LogP contribution in [-0.2, 0) is 14.6 Å². The van der Waals surface area contributed by atoms with Gasteiger partial charge in [0, 0.05) is 11.3 Å². The van der Waals surface area contributed by atoms with Crippen LogP contribution in [0.4, 0.5) is 0 Å². The minimum atomic E-state index is -3.37. The average molecular weight is 294 g/mol. The molecule has 0 spiro atoms. The van der Waals surface area contributed by atoms with E-state index in [0.29, 0.717) is 12.2 Å². The Kier molecular flexibility index (Phi) is 2.66. The van der Waals surface area contributed by atoms with E-state index in [1.165, 1.54) is 11.3 Å². The molecule has 2 N–H and O–H groups in total. The lowest BCUT2D eigenvalue weighted by Gasteiger charge is -2.23. The predicted octanol–water partition coefficient (Wildman–Crippen LogP) is 1.59. The van der Waals surface area contributed by atoms with Crippen molar-refractivity contribution in [3.05, 3.63) is 44.5 Å². The number of thiophene rings is 1. The molecular weight excluding hydrogens is 284 g/mol. The number of sulfone groups is 1. The van der Waals surface area contributed by atoms with E-state index >= 15 is 0 Å². The summed E-state index contributed by atoms with van der Waals surface area (Å²) >= 11 is 1.41. The van der Waals surface area contributed by atoms with Crippen LogP contribution in [0.5, 0.6) is 0 Å². The van der Waals surface area contributed by atoms with Crippen LogP contribution in [0, 0.1) is 11.3 Å².